The molecule has 2 N–H and O–H groups in total. The average Bonchev–Trinajstić information content (AvgIpc) is 3.29. The maximum absolute atomic E-state index is 12.1. The molecule has 3 aromatic rings. The van der Waals surface area contributed by atoms with Crippen molar-refractivity contribution in [1.82, 2.24) is 25.1 Å². The van der Waals surface area contributed by atoms with Crippen molar-refractivity contribution in [1.29, 1.82) is 0 Å². The van der Waals surface area contributed by atoms with Crippen molar-refractivity contribution in [3.05, 3.63) is 29.0 Å². The van der Waals surface area contributed by atoms with E-state index in [0.717, 1.165) is 18.4 Å². The fraction of sp³-hybridized carbons (Fsp3) is 0.412. The first kappa shape index (κ1) is 16.0. The molecule has 4 rings (SSSR count). The fourth-order valence-electron chi connectivity index (χ4n) is 3.15. The van der Waals surface area contributed by atoms with Crippen LogP contribution in [0.3, 0.4) is 0 Å². The Labute approximate surface area is 149 Å². The molecular formula is C17H20N6OS. The SMILES string of the molecule is O=C(CNc1ccc2nnc(-c3ccsc3)n2n1)NC1CCCCC1. The molecule has 3 aromatic heterocycles. The van der Waals surface area contributed by atoms with Crippen molar-refractivity contribution in [2.75, 3.05) is 11.9 Å². The molecular weight excluding hydrogens is 336 g/mol. The molecule has 1 aliphatic rings. The third kappa shape index (κ3) is 3.63. The number of carbonyl (C=O) groups excluding carboxylic acids is 1. The van der Waals surface area contributed by atoms with Crippen LogP contribution in [0.15, 0.2) is 29.0 Å². The van der Waals surface area contributed by atoms with E-state index < -0.39 is 0 Å². The highest BCUT2D eigenvalue weighted by atomic mass is 32.1. The summed E-state index contributed by atoms with van der Waals surface area (Å²) in [6.07, 6.45) is 5.85. The molecule has 1 saturated carbocycles. The Balaban J connectivity index is 1.43. The Kier molecular flexibility index (Phi) is 4.60. The number of hydrogen-bond donors (Lipinski definition) is 2. The molecule has 0 saturated heterocycles. The molecule has 8 heteroatoms. The maximum atomic E-state index is 12.1. The summed E-state index contributed by atoms with van der Waals surface area (Å²) in [6.45, 7) is 0.213. The quantitative estimate of drug-likeness (QED) is 0.734. The summed E-state index contributed by atoms with van der Waals surface area (Å²) in [6, 6.07) is 5.97. The molecule has 3 heterocycles. The van der Waals surface area contributed by atoms with Crippen molar-refractivity contribution in [2.24, 2.45) is 0 Å². The number of anilines is 1. The number of aromatic nitrogens is 4. The number of nitrogens with zero attached hydrogens (tertiary/aromatic N) is 4. The molecule has 25 heavy (non-hydrogen) atoms. The number of nitrogens with one attached hydrogen (secondary N) is 2. The molecule has 7 nitrogen and oxygen atoms in total. The molecule has 0 bridgehead atoms. The monoisotopic (exact) mass is 356 g/mol. The molecule has 0 unspecified atom stereocenters. The predicted octanol–water partition coefficient (Wildman–Crippen LogP) is 2.71. The molecule has 1 aliphatic carbocycles. The van der Waals surface area contributed by atoms with Gasteiger partial charge in [-0.05, 0) is 36.4 Å². The van der Waals surface area contributed by atoms with E-state index in [2.05, 4.69) is 25.9 Å². The van der Waals surface area contributed by atoms with E-state index in [4.69, 9.17) is 0 Å². The Hall–Kier alpha value is -2.48. The van der Waals surface area contributed by atoms with E-state index in [1.54, 1.807) is 15.9 Å². The van der Waals surface area contributed by atoms with E-state index >= 15 is 0 Å². The first-order valence-electron chi connectivity index (χ1n) is 8.58. The van der Waals surface area contributed by atoms with Crippen LogP contribution < -0.4 is 10.6 Å². The third-order valence-corrected chi connectivity index (χ3v) is 5.13. The second-order valence-electron chi connectivity index (χ2n) is 6.28. The van der Waals surface area contributed by atoms with Crippen LogP contribution in [0.2, 0.25) is 0 Å². The standard InChI is InChI=1S/C17H20N6OS/c24-16(19-13-4-2-1-3-5-13)10-18-14-6-7-15-20-21-17(23(15)22-14)12-8-9-25-11-12/h6-9,11,13H,1-5,10H2,(H,18,22)(H,19,24). The van der Waals surface area contributed by atoms with Crippen molar-refractivity contribution in [2.45, 2.75) is 38.1 Å². The van der Waals surface area contributed by atoms with Gasteiger partial charge in [0, 0.05) is 17.0 Å². The minimum absolute atomic E-state index is 0.00983. The van der Waals surface area contributed by atoms with Crippen LogP contribution in [-0.2, 0) is 4.79 Å². The van der Waals surface area contributed by atoms with E-state index in [1.807, 2.05) is 29.0 Å². The molecule has 1 amide bonds. The maximum Gasteiger partial charge on any atom is 0.239 e. The minimum atomic E-state index is 0.00983. The van der Waals surface area contributed by atoms with Gasteiger partial charge in [0.15, 0.2) is 11.5 Å². The Morgan fingerprint density at radius 1 is 1.20 bits per heavy atom. The van der Waals surface area contributed by atoms with Gasteiger partial charge in [0.1, 0.15) is 5.82 Å². The second kappa shape index (κ2) is 7.18. The highest BCUT2D eigenvalue weighted by molar-refractivity contribution is 7.08. The number of rotatable bonds is 5. The zero-order valence-corrected chi connectivity index (χ0v) is 14.6. The van der Waals surface area contributed by atoms with Crippen LogP contribution in [0.1, 0.15) is 32.1 Å². The molecule has 0 aromatic carbocycles. The van der Waals surface area contributed by atoms with Gasteiger partial charge in [0.25, 0.3) is 0 Å². The first-order valence-corrected chi connectivity index (χ1v) is 9.52. The van der Waals surface area contributed by atoms with Crippen LogP contribution in [0.25, 0.3) is 17.0 Å². The zero-order chi connectivity index (χ0) is 17.1. The van der Waals surface area contributed by atoms with Gasteiger partial charge in [0.05, 0.1) is 6.54 Å². The summed E-state index contributed by atoms with van der Waals surface area (Å²) in [4.78, 5) is 12.1. The number of thiophene rings is 1. The van der Waals surface area contributed by atoms with Gasteiger partial charge in [-0.25, -0.2) is 0 Å². The van der Waals surface area contributed by atoms with Gasteiger partial charge >= 0.3 is 0 Å². The first-order chi connectivity index (χ1) is 12.3. The van der Waals surface area contributed by atoms with Crippen LogP contribution in [-0.4, -0.2) is 38.3 Å². The molecule has 130 valence electrons. The van der Waals surface area contributed by atoms with Crippen molar-refractivity contribution in [3.63, 3.8) is 0 Å². The van der Waals surface area contributed by atoms with Crippen molar-refractivity contribution >= 4 is 28.7 Å². The molecule has 0 atom stereocenters. The highest BCUT2D eigenvalue weighted by Crippen LogP contribution is 2.21. The highest BCUT2D eigenvalue weighted by Gasteiger charge is 2.16. The van der Waals surface area contributed by atoms with Gasteiger partial charge in [0.2, 0.25) is 5.91 Å². The summed E-state index contributed by atoms with van der Waals surface area (Å²) < 4.78 is 1.70. The molecule has 0 aliphatic heterocycles. The van der Waals surface area contributed by atoms with Crippen molar-refractivity contribution < 1.29 is 4.79 Å². The van der Waals surface area contributed by atoms with Crippen LogP contribution >= 0.6 is 11.3 Å². The molecule has 1 fully saturated rings. The minimum Gasteiger partial charge on any atom is -0.360 e. The van der Waals surface area contributed by atoms with Gasteiger partial charge in [-0.15, -0.1) is 15.3 Å². The number of carbonyl (C=O) groups is 1. The summed E-state index contributed by atoms with van der Waals surface area (Å²) >= 11 is 1.60. The van der Waals surface area contributed by atoms with Crippen molar-refractivity contribution in [3.8, 4) is 11.4 Å². The number of amides is 1. The second-order valence-corrected chi connectivity index (χ2v) is 7.06. The summed E-state index contributed by atoms with van der Waals surface area (Å²) in [7, 11) is 0. The topological polar surface area (TPSA) is 84.2 Å². The van der Waals surface area contributed by atoms with Crippen LogP contribution in [0.5, 0.6) is 0 Å². The Morgan fingerprint density at radius 2 is 2.08 bits per heavy atom. The lowest BCUT2D eigenvalue weighted by Crippen LogP contribution is -2.39. The van der Waals surface area contributed by atoms with Gasteiger partial charge in [-0.1, -0.05) is 19.3 Å². The lowest BCUT2D eigenvalue weighted by atomic mass is 9.95. The normalized spacial score (nSPS) is 15.4. The number of fused-ring (bicyclic) bond motifs is 1. The van der Waals surface area contributed by atoms with E-state index in [9.17, 15) is 4.79 Å². The van der Waals surface area contributed by atoms with E-state index in [0.29, 0.717) is 23.3 Å². The van der Waals surface area contributed by atoms with Crippen LogP contribution in [0.4, 0.5) is 5.82 Å². The van der Waals surface area contributed by atoms with Crippen LogP contribution in [0, 0.1) is 0 Å². The summed E-state index contributed by atoms with van der Waals surface area (Å²) in [5, 5.41) is 23.0. The fourth-order valence-corrected chi connectivity index (χ4v) is 3.79. The van der Waals surface area contributed by atoms with E-state index in [-0.39, 0.29) is 12.5 Å². The third-order valence-electron chi connectivity index (χ3n) is 4.44. The summed E-state index contributed by atoms with van der Waals surface area (Å²) in [5.41, 5.74) is 1.66. The zero-order valence-electron chi connectivity index (χ0n) is 13.8. The van der Waals surface area contributed by atoms with Gasteiger partial charge in [-0.3, -0.25) is 4.79 Å². The smallest absolute Gasteiger partial charge is 0.239 e. The predicted molar refractivity (Wildman–Crippen MR) is 97.6 cm³/mol. The van der Waals surface area contributed by atoms with E-state index in [1.165, 1.54) is 19.3 Å². The lowest BCUT2D eigenvalue weighted by Gasteiger charge is -2.22. The van der Waals surface area contributed by atoms with Gasteiger partial charge < -0.3 is 10.6 Å². The largest absolute Gasteiger partial charge is 0.360 e. The number of hydrogen-bond acceptors (Lipinski definition) is 6. The average molecular weight is 356 g/mol. The summed E-state index contributed by atoms with van der Waals surface area (Å²) in [5.74, 6) is 1.34. The molecule has 0 spiro atoms. The Bertz CT molecular complexity index is 853. The van der Waals surface area contributed by atoms with Gasteiger partial charge in [-0.2, -0.15) is 15.9 Å². The Morgan fingerprint density at radius 3 is 2.88 bits per heavy atom. The lowest BCUT2D eigenvalue weighted by molar-refractivity contribution is -0.120. The molecule has 0 radical (unpaired) electrons.